The molecule has 0 amide bonds. The second kappa shape index (κ2) is 6.87. The summed E-state index contributed by atoms with van der Waals surface area (Å²) in [5, 5.41) is 11.5. The molecule has 1 N–H and O–H groups in total. The van der Waals surface area contributed by atoms with Crippen molar-refractivity contribution in [3.05, 3.63) is 70.4 Å². The topological polar surface area (TPSA) is 29.5 Å². The molecule has 3 aromatic rings. The molecule has 4 heteroatoms. The lowest BCUT2D eigenvalue weighted by Crippen LogP contribution is -2.31. The van der Waals surface area contributed by atoms with Crippen LogP contribution in [-0.4, -0.2) is 17.3 Å². The highest BCUT2D eigenvalue weighted by atomic mass is 32.1. The molecule has 2 heterocycles. The van der Waals surface area contributed by atoms with E-state index in [1.165, 1.54) is 16.2 Å². The minimum Gasteiger partial charge on any atom is -0.390 e. The van der Waals surface area contributed by atoms with Crippen molar-refractivity contribution in [2.75, 3.05) is 0 Å². The number of fused-ring (bicyclic) bond motifs is 1. The second-order valence-corrected chi connectivity index (χ2v) is 7.96. The van der Waals surface area contributed by atoms with Crippen LogP contribution in [0.1, 0.15) is 41.9 Å². The molecule has 1 aliphatic heterocycles. The van der Waals surface area contributed by atoms with Crippen LogP contribution in [0.5, 0.6) is 0 Å². The highest BCUT2D eigenvalue weighted by Gasteiger charge is 2.29. The lowest BCUT2D eigenvalue weighted by molar-refractivity contribution is -0.113. The summed E-state index contributed by atoms with van der Waals surface area (Å²) in [5.74, 6) is -0.209. The van der Waals surface area contributed by atoms with Crippen molar-refractivity contribution in [2.45, 2.75) is 44.5 Å². The predicted molar refractivity (Wildman–Crippen MR) is 99.6 cm³/mol. The fourth-order valence-corrected chi connectivity index (χ4v) is 4.57. The Morgan fingerprint density at radius 2 is 2.00 bits per heavy atom. The van der Waals surface area contributed by atoms with Gasteiger partial charge < -0.3 is 9.84 Å². The highest BCUT2D eigenvalue weighted by Crippen LogP contribution is 2.33. The summed E-state index contributed by atoms with van der Waals surface area (Å²) in [4.78, 5) is 1.13. The normalized spacial score (nSPS) is 23.9. The molecule has 3 atom stereocenters. The number of thiophene rings is 1. The smallest absolute Gasteiger partial charge is 0.126 e. The molecule has 2 nitrogen and oxygen atoms in total. The van der Waals surface area contributed by atoms with Crippen molar-refractivity contribution in [1.82, 2.24) is 0 Å². The lowest BCUT2D eigenvalue weighted by Gasteiger charge is -2.32. The molecular weight excluding hydrogens is 335 g/mol. The van der Waals surface area contributed by atoms with Crippen LogP contribution in [0.2, 0.25) is 0 Å². The minimum atomic E-state index is -0.529. The van der Waals surface area contributed by atoms with Gasteiger partial charge in [-0.25, -0.2) is 4.39 Å². The van der Waals surface area contributed by atoms with Crippen LogP contribution in [-0.2, 0) is 11.2 Å². The summed E-state index contributed by atoms with van der Waals surface area (Å²) in [6.07, 6.45) is 1.34. The minimum absolute atomic E-state index is 0.115. The van der Waals surface area contributed by atoms with Gasteiger partial charge in [0, 0.05) is 16.0 Å². The molecule has 1 saturated heterocycles. The number of benzene rings is 2. The third kappa shape index (κ3) is 3.47. The standard InChI is InChI=1S/C21H21FO2S/c1-13-6-9-19(23)21(24-13)15-7-8-18(22)16(10-15)12-17-11-14-4-2-3-5-20(14)25-17/h2-5,7-8,10-11,13,19,21,23H,6,9,12H2,1H3. The molecular formula is C21H21FO2S. The van der Waals surface area contributed by atoms with Crippen LogP contribution in [0.4, 0.5) is 4.39 Å². The van der Waals surface area contributed by atoms with E-state index in [9.17, 15) is 9.50 Å². The molecule has 4 rings (SSSR count). The van der Waals surface area contributed by atoms with Crippen molar-refractivity contribution in [1.29, 1.82) is 0 Å². The van der Waals surface area contributed by atoms with E-state index >= 15 is 0 Å². The van der Waals surface area contributed by atoms with Gasteiger partial charge in [0.2, 0.25) is 0 Å². The van der Waals surface area contributed by atoms with Gasteiger partial charge in [0.05, 0.1) is 12.2 Å². The average Bonchev–Trinajstić information content (AvgIpc) is 3.01. The molecule has 0 saturated carbocycles. The Morgan fingerprint density at radius 3 is 2.84 bits per heavy atom. The van der Waals surface area contributed by atoms with E-state index in [1.807, 2.05) is 25.1 Å². The highest BCUT2D eigenvalue weighted by molar-refractivity contribution is 7.19. The zero-order valence-corrected chi connectivity index (χ0v) is 14.9. The maximum absolute atomic E-state index is 14.4. The number of ether oxygens (including phenoxy) is 1. The van der Waals surface area contributed by atoms with Gasteiger partial charge >= 0.3 is 0 Å². The summed E-state index contributed by atoms with van der Waals surface area (Å²) < 4.78 is 21.5. The third-order valence-electron chi connectivity index (χ3n) is 4.84. The Balaban J connectivity index is 1.63. The van der Waals surface area contributed by atoms with E-state index in [4.69, 9.17) is 4.74 Å². The number of halogens is 1. The van der Waals surface area contributed by atoms with Gasteiger partial charge in [-0.2, -0.15) is 0 Å². The summed E-state index contributed by atoms with van der Waals surface area (Å²) in [6, 6.07) is 15.4. The van der Waals surface area contributed by atoms with Crippen molar-refractivity contribution in [3.8, 4) is 0 Å². The number of hydrogen-bond donors (Lipinski definition) is 1. The maximum atomic E-state index is 14.4. The Morgan fingerprint density at radius 1 is 1.16 bits per heavy atom. The fraction of sp³-hybridized carbons (Fsp3) is 0.333. The van der Waals surface area contributed by atoms with Gasteiger partial charge in [0.1, 0.15) is 11.9 Å². The van der Waals surface area contributed by atoms with Gasteiger partial charge in [0.25, 0.3) is 0 Å². The molecule has 130 valence electrons. The number of hydrogen-bond acceptors (Lipinski definition) is 3. The molecule has 3 unspecified atom stereocenters. The monoisotopic (exact) mass is 356 g/mol. The first-order valence-electron chi connectivity index (χ1n) is 8.69. The van der Waals surface area contributed by atoms with Crippen molar-refractivity contribution >= 4 is 21.4 Å². The predicted octanol–water partition coefficient (Wildman–Crippen LogP) is 5.23. The Hall–Kier alpha value is -1.75. The fourth-order valence-electron chi connectivity index (χ4n) is 3.49. The average molecular weight is 356 g/mol. The SMILES string of the molecule is CC1CCC(O)C(c2ccc(F)c(Cc3cc4ccccc4s3)c2)O1. The first kappa shape index (κ1) is 16.7. The maximum Gasteiger partial charge on any atom is 0.126 e. The molecule has 1 aliphatic rings. The van der Waals surface area contributed by atoms with Gasteiger partial charge in [-0.3, -0.25) is 0 Å². The van der Waals surface area contributed by atoms with Crippen molar-refractivity contribution < 1.29 is 14.2 Å². The number of aliphatic hydroxyl groups excluding tert-OH is 1. The van der Waals surface area contributed by atoms with Gasteiger partial charge in [-0.1, -0.05) is 24.3 Å². The summed E-state index contributed by atoms with van der Waals surface area (Å²) >= 11 is 1.70. The van der Waals surface area contributed by atoms with E-state index in [2.05, 4.69) is 18.2 Å². The van der Waals surface area contributed by atoms with Gasteiger partial charge in [-0.05, 0) is 60.5 Å². The molecule has 0 aliphatic carbocycles. The van der Waals surface area contributed by atoms with Gasteiger partial charge in [-0.15, -0.1) is 11.3 Å². The first-order valence-corrected chi connectivity index (χ1v) is 9.51. The zero-order chi connectivity index (χ0) is 17.4. The first-order chi connectivity index (χ1) is 12.1. The number of rotatable bonds is 3. The molecule has 1 fully saturated rings. The van der Waals surface area contributed by atoms with E-state index in [0.29, 0.717) is 12.0 Å². The molecule has 25 heavy (non-hydrogen) atoms. The third-order valence-corrected chi connectivity index (χ3v) is 5.95. The van der Waals surface area contributed by atoms with E-state index in [0.717, 1.165) is 23.3 Å². The van der Waals surface area contributed by atoms with Crippen LogP contribution in [0.25, 0.3) is 10.1 Å². The Bertz CT molecular complexity index is 855. The molecule has 2 aromatic carbocycles. The van der Waals surface area contributed by atoms with Crippen molar-refractivity contribution in [2.24, 2.45) is 0 Å². The largest absolute Gasteiger partial charge is 0.390 e. The Labute approximate surface area is 150 Å². The van der Waals surface area contributed by atoms with Crippen LogP contribution in [0.3, 0.4) is 0 Å². The number of aliphatic hydroxyl groups is 1. The summed E-state index contributed by atoms with van der Waals surface area (Å²) in [6.45, 7) is 2.01. The lowest BCUT2D eigenvalue weighted by atomic mass is 9.94. The molecule has 0 spiro atoms. The van der Waals surface area contributed by atoms with E-state index in [-0.39, 0.29) is 18.0 Å². The molecule has 0 radical (unpaired) electrons. The summed E-state index contributed by atoms with van der Waals surface area (Å²) in [5.41, 5.74) is 1.51. The second-order valence-electron chi connectivity index (χ2n) is 6.79. The zero-order valence-electron chi connectivity index (χ0n) is 14.1. The van der Waals surface area contributed by atoms with Crippen molar-refractivity contribution in [3.63, 3.8) is 0 Å². The van der Waals surface area contributed by atoms with Crippen LogP contribution < -0.4 is 0 Å². The quantitative estimate of drug-likeness (QED) is 0.696. The van der Waals surface area contributed by atoms with E-state index < -0.39 is 6.10 Å². The summed E-state index contributed by atoms with van der Waals surface area (Å²) in [7, 11) is 0. The molecule has 1 aromatic heterocycles. The molecule has 0 bridgehead atoms. The van der Waals surface area contributed by atoms with Crippen LogP contribution in [0.15, 0.2) is 48.5 Å². The Kier molecular flexibility index (Phi) is 4.59. The van der Waals surface area contributed by atoms with E-state index in [1.54, 1.807) is 17.4 Å². The van der Waals surface area contributed by atoms with Crippen LogP contribution in [0, 0.1) is 5.82 Å². The van der Waals surface area contributed by atoms with Crippen LogP contribution >= 0.6 is 11.3 Å². The van der Waals surface area contributed by atoms with Gasteiger partial charge in [0.15, 0.2) is 0 Å².